The van der Waals surface area contributed by atoms with Crippen molar-refractivity contribution in [2.45, 2.75) is 39.5 Å². The predicted octanol–water partition coefficient (Wildman–Crippen LogP) is 2.30. The van der Waals surface area contributed by atoms with Gasteiger partial charge < -0.3 is 0 Å². The summed E-state index contributed by atoms with van der Waals surface area (Å²) in [6.45, 7) is 4.18. The number of ketones is 1. The highest BCUT2D eigenvalue weighted by atomic mass is 16.1. The summed E-state index contributed by atoms with van der Waals surface area (Å²) in [4.78, 5) is 11.7. The van der Waals surface area contributed by atoms with Gasteiger partial charge in [0.25, 0.3) is 0 Å². The van der Waals surface area contributed by atoms with Gasteiger partial charge in [-0.25, -0.2) is 0 Å². The van der Waals surface area contributed by atoms with Crippen molar-refractivity contribution in [2.24, 2.45) is 16.7 Å². The molecule has 0 amide bonds. The fraction of sp³-hybridized carbons (Fsp3) is 0.818. The third-order valence-electron chi connectivity index (χ3n) is 4.65. The van der Waals surface area contributed by atoms with Crippen LogP contribution in [0.5, 0.6) is 0 Å². The molecule has 0 radical (unpaired) electrons. The predicted molar refractivity (Wildman–Crippen MR) is 48.8 cm³/mol. The lowest BCUT2D eigenvalue weighted by Crippen LogP contribution is -2.34. The quantitative estimate of drug-likeness (QED) is 0.616. The lowest BCUT2D eigenvalue weighted by atomic mass is 9.67. The van der Waals surface area contributed by atoms with Gasteiger partial charge in [0, 0.05) is 18.3 Å². The van der Waals surface area contributed by atoms with E-state index in [0.717, 1.165) is 12.8 Å². The molecule has 2 heteroatoms. The molecule has 3 unspecified atom stereocenters. The molecular weight excluding hydrogens is 162 g/mol. The van der Waals surface area contributed by atoms with Gasteiger partial charge >= 0.3 is 0 Å². The van der Waals surface area contributed by atoms with Crippen molar-refractivity contribution < 1.29 is 4.79 Å². The fourth-order valence-corrected chi connectivity index (χ4v) is 3.26. The van der Waals surface area contributed by atoms with Gasteiger partial charge in [-0.2, -0.15) is 5.26 Å². The van der Waals surface area contributed by atoms with Gasteiger partial charge in [-0.15, -0.1) is 0 Å². The Bertz CT molecular complexity index is 304. The van der Waals surface area contributed by atoms with E-state index in [1.807, 2.05) is 0 Å². The number of hydrogen-bond donors (Lipinski definition) is 0. The van der Waals surface area contributed by atoms with Crippen LogP contribution in [0.25, 0.3) is 0 Å². The molecule has 70 valence electrons. The topological polar surface area (TPSA) is 40.9 Å². The van der Waals surface area contributed by atoms with Gasteiger partial charge in [-0.3, -0.25) is 4.79 Å². The Balaban J connectivity index is 2.42. The van der Waals surface area contributed by atoms with Crippen LogP contribution in [0.2, 0.25) is 0 Å². The summed E-state index contributed by atoms with van der Waals surface area (Å²) >= 11 is 0. The Kier molecular flexibility index (Phi) is 1.58. The summed E-state index contributed by atoms with van der Waals surface area (Å²) in [7, 11) is 0. The molecule has 0 heterocycles. The van der Waals surface area contributed by atoms with E-state index in [0.29, 0.717) is 24.5 Å². The molecule has 3 atom stereocenters. The van der Waals surface area contributed by atoms with E-state index in [1.165, 1.54) is 0 Å². The first-order valence-corrected chi connectivity index (χ1v) is 4.95. The normalized spacial score (nSPS) is 48.1. The maximum absolute atomic E-state index is 11.7. The first-order valence-electron chi connectivity index (χ1n) is 4.95. The van der Waals surface area contributed by atoms with Gasteiger partial charge in [0.15, 0.2) is 0 Å². The number of fused-ring (bicyclic) bond motifs is 2. The van der Waals surface area contributed by atoms with Crippen molar-refractivity contribution in [2.75, 3.05) is 0 Å². The van der Waals surface area contributed by atoms with Crippen molar-refractivity contribution in [1.82, 2.24) is 0 Å². The van der Waals surface area contributed by atoms with Gasteiger partial charge in [0.2, 0.25) is 0 Å². The molecule has 0 aromatic heterocycles. The Labute approximate surface area is 78.9 Å². The molecule has 2 nitrogen and oxygen atoms in total. The molecule has 2 saturated carbocycles. The fourth-order valence-electron chi connectivity index (χ4n) is 3.26. The van der Waals surface area contributed by atoms with E-state index in [9.17, 15) is 4.79 Å². The average Bonchev–Trinajstić information content (AvgIpc) is 2.39. The van der Waals surface area contributed by atoms with Crippen LogP contribution in [0.15, 0.2) is 0 Å². The second-order valence-corrected chi connectivity index (χ2v) is 4.95. The van der Waals surface area contributed by atoms with Crippen molar-refractivity contribution >= 4 is 5.78 Å². The van der Waals surface area contributed by atoms with Gasteiger partial charge in [0.1, 0.15) is 5.78 Å². The van der Waals surface area contributed by atoms with Crippen molar-refractivity contribution in [3.63, 3.8) is 0 Å². The molecule has 2 aliphatic rings. The minimum atomic E-state index is -0.187. The Morgan fingerprint density at radius 1 is 1.62 bits per heavy atom. The Hall–Kier alpha value is -0.840. The van der Waals surface area contributed by atoms with Crippen molar-refractivity contribution in [3.05, 3.63) is 0 Å². The minimum Gasteiger partial charge on any atom is -0.299 e. The number of nitrogens with zero attached hydrogens (tertiary/aromatic N) is 1. The van der Waals surface area contributed by atoms with Gasteiger partial charge in [-0.05, 0) is 24.2 Å². The maximum Gasteiger partial charge on any atom is 0.139 e. The number of rotatable bonds is 1. The maximum atomic E-state index is 11.7. The number of carbonyl (C=O) groups is 1. The number of nitriles is 1. The van der Waals surface area contributed by atoms with Crippen LogP contribution in [0, 0.1) is 28.1 Å². The van der Waals surface area contributed by atoms with Crippen LogP contribution < -0.4 is 0 Å². The molecule has 2 rings (SSSR count). The zero-order valence-corrected chi connectivity index (χ0v) is 8.26. The molecule has 0 aliphatic heterocycles. The van der Waals surface area contributed by atoms with Gasteiger partial charge in [-0.1, -0.05) is 13.8 Å². The number of Topliss-reactive ketones (excluding diaryl/α,β-unsaturated/α-hetero) is 1. The highest BCUT2D eigenvalue weighted by molar-refractivity contribution is 5.89. The highest BCUT2D eigenvalue weighted by Gasteiger charge is 2.63. The molecule has 0 saturated heterocycles. The van der Waals surface area contributed by atoms with Crippen LogP contribution in [0.4, 0.5) is 0 Å². The van der Waals surface area contributed by atoms with Crippen molar-refractivity contribution in [3.8, 4) is 6.07 Å². The second-order valence-electron chi connectivity index (χ2n) is 4.95. The van der Waals surface area contributed by atoms with E-state index >= 15 is 0 Å². The molecule has 13 heavy (non-hydrogen) atoms. The van der Waals surface area contributed by atoms with Crippen LogP contribution in [0.1, 0.15) is 39.5 Å². The summed E-state index contributed by atoms with van der Waals surface area (Å²) in [6.07, 6.45) is 3.39. The number of carbonyl (C=O) groups excluding carboxylic acids is 1. The molecule has 2 bridgehead atoms. The van der Waals surface area contributed by atoms with E-state index in [1.54, 1.807) is 0 Å². The molecule has 0 aromatic rings. The third-order valence-corrected chi connectivity index (χ3v) is 4.65. The van der Waals surface area contributed by atoms with E-state index in [2.05, 4.69) is 19.9 Å². The summed E-state index contributed by atoms with van der Waals surface area (Å²) in [6, 6.07) is 2.24. The van der Waals surface area contributed by atoms with Crippen LogP contribution in [-0.2, 0) is 4.79 Å². The highest BCUT2D eigenvalue weighted by Crippen LogP contribution is 2.65. The second kappa shape index (κ2) is 2.35. The largest absolute Gasteiger partial charge is 0.299 e. The third kappa shape index (κ3) is 0.802. The van der Waals surface area contributed by atoms with Crippen molar-refractivity contribution in [1.29, 1.82) is 5.26 Å². The molecule has 2 fully saturated rings. The lowest BCUT2D eigenvalue weighted by Gasteiger charge is -2.34. The first kappa shape index (κ1) is 8.74. The molecule has 0 spiro atoms. The zero-order valence-electron chi connectivity index (χ0n) is 8.26. The van der Waals surface area contributed by atoms with Gasteiger partial charge in [0.05, 0.1) is 6.07 Å². The Morgan fingerprint density at radius 3 is 2.69 bits per heavy atom. The zero-order chi connectivity index (χ0) is 9.69. The monoisotopic (exact) mass is 177 g/mol. The Morgan fingerprint density at radius 2 is 2.31 bits per heavy atom. The first-order chi connectivity index (χ1) is 6.04. The lowest BCUT2D eigenvalue weighted by molar-refractivity contribution is -0.128. The van der Waals surface area contributed by atoms with E-state index in [4.69, 9.17) is 5.26 Å². The molecular formula is C11H15NO. The van der Waals surface area contributed by atoms with Crippen LogP contribution >= 0.6 is 0 Å². The molecule has 2 aliphatic carbocycles. The summed E-state index contributed by atoms with van der Waals surface area (Å²) in [5.74, 6) is 0.867. The van der Waals surface area contributed by atoms with E-state index < -0.39 is 0 Å². The van der Waals surface area contributed by atoms with Crippen LogP contribution in [-0.4, -0.2) is 5.78 Å². The SMILES string of the molecule is CC12CCC(CC1=O)C2(C)CC#N. The standard InChI is InChI=1S/C11H15NO/c1-10(5-6-12)8-3-4-11(10,2)9(13)7-8/h8H,3-5,7H2,1-2H3. The van der Waals surface area contributed by atoms with E-state index in [-0.39, 0.29) is 10.8 Å². The minimum absolute atomic E-state index is 0.0289. The average molecular weight is 177 g/mol. The summed E-state index contributed by atoms with van der Waals surface area (Å²) in [5.41, 5.74) is -0.216. The summed E-state index contributed by atoms with van der Waals surface area (Å²) < 4.78 is 0. The molecule has 0 N–H and O–H groups in total. The number of hydrogen-bond acceptors (Lipinski definition) is 2. The smallest absolute Gasteiger partial charge is 0.139 e. The molecule has 0 aromatic carbocycles. The van der Waals surface area contributed by atoms with Crippen LogP contribution in [0.3, 0.4) is 0 Å². The summed E-state index contributed by atoms with van der Waals surface area (Å²) in [5, 5.41) is 8.79.